The highest BCUT2D eigenvalue weighted by atomic mass is 16.2. The van der Waals surface area contributed by atoms with Crippen molar-refractivity contribution in [3.8, 4) is 0 Å². The fourth-order valence-corrected chi connectivity index (χ4v) is 5.83. The zero-order valence-electron chi connectivity index (χ0n) is 19.6. The number of amides is 2. The molecule has 2 aliphatic heterocycles. The van der Waals surface area contributed by atoms with Crippen LogP contribution in [-0.2, 0) is 4.79 Å². The third kappa shape index (κ3) is 4.66. The molecule has 0 unspecified atom stereocenters. The number of likely N-dealkylation sites (tertiary alicyclic amines) is 1. The monoisotopic (exact) mass is 439 g/mol. The largest absolute Gasteiger partial charge is 0.369 e. The Morgan fingerprint density at radius 3 is 2.62 bits per heavy atom. The van der Waals surface area contributed by atoms with Gasteiger partial charge in [0.25, 0.3) is 11.8 Å². The lowest BCUT2D eigenvalue weighted by molar-refractivity contribution is -0.131. The van der Waals surface area contributed by atoms with E-state index in [1.54, 1.807) is 19.4 Å². The summed E-state index contributed by atoms with van der Waals surface area (Å²) in [5, 5.41) is 0. The predicted molar refractivity (Wildman–Crippen MR) is 125 cm³/mol. The van der Waals surface area contributed by atoms with Crippen LogP contribution in [0.25, 0.3) is 0 Å². The van der Waals surface area contributed by atoms with Crippen molar-refractivity contribution in [3.05, 3.63) is 29.6 Å². The molecule has 2 amide bonds. The van der Waals surface area contributed by atoms with Crippen molar-refractivity contribution in [3.63, 3.8) is 0 Å². The third-order valence-electron chi connectivity index (χ3n) is 7.77. The van der Waals surface area contributed by atoms with E-state index in [2.05, 4.69) is 4.98 Å². The maximum Gasteiger partial charge on any atom is 0.257 e. The standard InChI is InChI=1S/C25H37N5O2/c1-18-11-13-27-16-21(18)22(31)30-14-6-9-20(17-30)15-25(23(32)29(2)24(26)28-25)12-10-19-7-4-3-5-8-19/h11,13,16,19-20H,3-10,12,14-15,17H2,1-2H3,(H2,26,28)/t20-,25+/m1/s1. The Balaban J connectivity index is 1.47. The van der Waals surface area contributed by atoms with Crippen LogP contribution in [0.3, 0.4) is 0 Å². The summed E-state index contributed by atoms with van der Waals surface area (Å²) < 4.78 is 0. The fourth-order valence-electron chi connectivity index (χ4n) is 5.83. The van der Waals surface area contributed by atoms with E-state index < -0.39 is 5.54 Å². The molecule has 0 bridgehead atoms. The van der Waals surface area contributed by atoms with E-state index in [9.17, 15) is 9.59 Å². The second kappa shape index (κ2) is 9.59. The molecule has 2 atom stereocenters. The Labute approximate surface area is 191 Å². The lowest BCUT2D eigenvalue weighted by Crippen LogP contribution is -2.47. The molecule has 4 rings (SSSR count). The molecule has 7 nitrogen and oxygen atoms in total. The number of hydrogen-bond acceptors (Lipinski definition) is 5. The highest BCUT2D eigenvalue weighted by Gasteiger charge is 2.48. The smallest absolute Gasteiger partial charge is 0.257 e. The zero-order chi connectivity index (χ0) is 22.7. The summed E-state index contributed by atoms with van der Waals surface area (Å²) in [6.07, 6.45) is 14.2. The molecule has 0 aromatic carbocycles. The Bertz CT molecular complexity index is 879. The van der Waals surface area contributed by atoms with Crippen molar-refractivity contribution < 1.29 is 9.59 Å². The van der Waals surface area contributed by atoms with Crippen LogP contribution in [0.2, 0.25) is 0 Å². The second-order valence-corrected chi connectivity index (χ2v) is 10.1. The number of likely N-dealkylation sites (N-methyl/N-ethyl adjacent to an activating group) is 1. The molecule has 1 saturated carbocycles. The maximum atomic E-state index is 13.3. The number of nitrogens with zero attached hydrogens (tertiary/aromatic N) is 4. The number of aromatic nitrogens is 1. The molecule has 3 aliphatic rings. The van der Waals surface area contributed by atoms with Crippen molar-refractivity contribution in [2.75, 3.05) is 20.1 Å². The number of hydrogen-bond donors (Lipinski definition) is 1. The van der Waals surface area contributed by atoms with E-state index in [1.807, 2.05) is 17.9 Å². The van der Waals surface area contributed by atoms with Crippen molar-refractivity contribution in [2.45, 2.75) is 76.7 Å². The Hall–Kier alpha value is -2.44. The number of carbonyl (C=O) groups is 2. The zero-order valence-corrected chi connectivity index (χ0v) is 19.6. The number of nitrogens with two attached hydrogens (primary N) is 1. The first-order chi connectivity index (χ1) is 15.4. The summed E-state index contributed by atoms with van der Waals surface area (Å²) in [5.41, 5.74) is 6.95. The minimum Gasteiger partial charge on any atom is -0.369 e. The molecule has 2 N–H and O–H groups in total. The Kier molecular flexibility index (Phi) is 6.82. The fraction of sp³-hybridized carbons (Fsp3) is 0.680. The van der Waals surface area contributed by atoms with Crippen LogP contribution >= 0.6 is 0 Å². The van der Waals surface area contributed by atoms with Gasteiger partial charge in [-0.15, -0.1) is 0 Å². The topological polar surface area (TPSA) is 91.9 Å². The first kappa shape index (κ1) is 22.7. The number of rotatable bonds is 6. The van der Waals surface area contributed by atoms with Crippen LogP contribution in [0, 0.1) is 18.8 Å². The number of aliphatic imine (C=N–C) groups is 1. The molecule has 0 spiro atoms. The summed E-state index contributed by atoms with van der Waals surface area (Å²) >= 11 is 0. The molecule has 1 aromatic heterocycles. The van der Waals surface area contributed by atoms with Gasteiger partial charge in [0, 0.05) is 32.5 Å². The van der Waals surface area contributed by atoms with Crippen LogP contribution in [0.4, 0.5) is 0 Å². The predicted octanol–water partition coefficient (Wildman–Crippen LogP) is 3.52. The number of piperidine rings is 1. The summed E-state index contributed by atoms with van der Waals surface area (Å²) in [6, 6.07) is 1.87. The van der Waals surface area contributed by atoms with Gasteiger partial charge in [-0.25, -0.2) is 4.99 Å². The van der Waals surface area contributed by atoms with Gasteiger partial charge < -0.3 is 10.6 Å². The highest BCUT2D eigenvalue weighted by molar-refractivity contribution is 6.06. The van der Waals surface area contributed by atoms with E-state index in [-0.39, 0.29) is 17.7 Å². The number of pyridine rings is 1. The molecule has 32 heavy (non-hydrogen) atoms. The summed E-state index contributed by atoms with van der Waals surface area (Å²) in [4.78, 5) is 38.8. The van der Waals surface area contributed by atoms with E-state index in [0.717, 1.165) is 37.8 Å². The quantitative estimate of drug-likeness (QED) is 0.734. The van der Waals surface area contributed by atoms with E-state index in [1.165, 1.54) is 37.0 Å². The van der Waals surface area contributed by atoms with Gasteiger partial charge in [-0.1, -0.05) is 32.1 Å². The van der Waals surface area contributed by atoms with Crippen molar-refractivity contribution in [1.29, 1.82) is 0 Å². The number of carbonyl (C=O) groups excluding carboxylic acids is 2. The SMILES string of the molecule is Cc1ccncc1C(=O)N1CCC[C@H](C[C@]2(CCC3CCCCC3)N=C(N)N(C)C2=O)C1. The van der Waals surface area contributed by atoms with Crippen LogP contribution in [0.15, 0.2) is 23.5 Å². The summed E-state index contributed by atoms with van der Waals surface area (Å²) in [5.74, 6) is 1.32. The van der Waals surface area contributed by atoms with Gasteiger partial charge in [0.2, 0.25) is 0 Å². The molecule has 7 heteroatoms. The molecule has 1 saturated heterocycles. The molecule has 2 fully saturated rings. The van der Waals surface area contributed by atoms with E-state index in [0.29, 0.717) is 30.4 Å². The average Bonchev–Trinajstić information content (AvgIpc) is 3.02. The lowest BCUT2D eigenvalue weighted by Gasteiger charge is -2.37. The first-order valence-corrected chi connectivity index (χ1v) is 12.2. The lowest BCUT2D eigenvalue weighted by atomic mass is 9.77. The summed E-state index contributed by atoms with van der Waals surface area (Å²) in [7, 11) is 1.73. The van der Waals surface area contributed by atoms with Gasteiger partial charge in [-0.05, 0) is 62.5 Å². The minimum absolute atomic E-state index is 0.0253. The molecule has 174 valence electrons. The summed E-state index contributed by atoms with van der Waals surface area (Å²) in [6.45, 7) is 3.35. The van der Waals surface area contributed by atoms with E-state index in [4.69, 9.17) is 10.7 Å². The average molecular weight is 440 g/mol. The van der Waals surface area contributed by atoms with Gasteiger partial charge in [-0.3, -0.25) is 19.5 Å². The first-order valence-electron chi connectivity index (χ1n) is 12.2. The Morgan fingerprint density at radius 2 is 1.94 bits per heavy atom. The van der Waals surface area contributed by atoms with Crippen LogP contribution < -0.4 is 5.73 Å². The molecular formula is C25H37N5O2. The van der Waals surface area contributed by atoms with E-state index >= 15 is 0 Å². The van der Waals surface area contributed by atoms with Crippen LogP contribution in [-0.4, -0.2) is 58.2 Å². The molecule has 3 heterocycles. The molecule has 1 aliphatic carbocycles. The number of aryl methyl sites for hydroxylation is 1. The Morgan fingerprint density at radius 1 is 1.19 bits per heavy atom. The van der Waals surface area contributed by atoms with Crippen molar-refractivity contribution in [2.24, 2.45) is 22.6 Å². The van der Waals surface area contributed by atoms with Crippen LogP contribution in [0.5, 0.6) is 0 Å². The van der Waals surface area contributed by atoms with Gasteiger partial charge in [0.15, 0.2) is 5.96 Å². The molecule has 1 aromatic rings. The second-order valence-electron chi connectivity index (χ2n) is 10.1. The van der Waals surface area contributed by atoms with Crippen molar-refractivity contribution >= 4 is 17.8 Å². The van der Waals surface area contributed by atoms with Crippen molar-refractivity contribution in [1.82, 2.24) is 14.8 Å². The van der Waals surface area contributed by atoms with Gasteiger partial charge in [0.1, 0.15) is 5.54 Å². The molecule has 0 radical (unpaired) electrons. The maximum absolute atomic E-state index is 13.3. The minimum atomic E-state index is -0.767. The normalized spacial score (nSPS) is 27.0. The third-order valence-corrected chi connectivity index (χ3v) is 7.77. The van der Waals surface area contributed by atoms with Gasteiger partial charge in [0.05, 0.1) is 5.56 Å². The molecular weight excluding hydrogens is 402 g/mol. The van der Waals surface area contributed by atoms with Gasteiger partial charge in [-0.2, -0.15) is 0 Å². The van der Waals surface area contributed by atoms with Gasteiger partial charge >= 0.3 is 0 Å². The number of guanidine groups is 1. The highest BCUT2D eigenvalue weighted by Crippen LogP contribution is 2.39. The van der Waals surface area contributed by atoms with Crippen LogP contribution in [0.1, 0.15) is 80.1 Å².